The van der Waals surface area contributed by atoms with Gasteiger partial charge < -0.3 is 14.2 Å². The highest BCUT2D eigenvalue weighted by atomic mass is 16.5. The van der Waals surface area contributed by atoms with Crippen LogP contribution in [0.2, 0.25) is 0 Å². The second kappa shape index (κ2) is 6.91. The van der Waals surface area contributed by atoms with E-state index in [-0.39, 0.29) is 0 Å². The van der Waals surface area contributed by atoms with Crippen LogP contribution in [0, 0.1) is 0 Å². The van der Waals surface area contributed by atoms with Gasteiger partial charge in [-0.1, -0.05) is 30.3 Å². The summed E-state index contributed by atoms with van der Waals surface area (Å²) in [7, 11) is 0. The van der Waals surface area contributed by atoms with Crippen LogP contribution in [0.3, 0.4) is 0 Å². The first-order valence-corrected chi connectivity index (χ1v) is 8.48. The number of anilines is 1. The van der Waals surface area contributed by atoms with E-state index < -0.39 is 5.97 Å². The molecule has 0 aliphatic carbocycles. The molecule has 26 heavy (non-hydrogen) atoms. The van der Waals surface area contributed by atoms with Crippen molar-refractivity contribution < 1.29 is 9.53 Å². The van der Waals surface area contributed by atoms with Gasteiger partial charge in [-0.05, 0) is 6.92 Å². The van der Waals surface area contributed by atoms with E-state index in [4.69, 9.17) is 4.74 Å². The molecule has 0 amide bonds. The first-order valence-electron chi connectivity index (χ1n) is 8.48. The molecule has 4 rings (SSSR count). The highest BCUT2D eigenvalue weighted by Crippen LogP contribution is 2.23. The third-order valence-electron chi connectivity index (χ3n) is 4.22. The molecule has 8 heteroatoms. The Balaban J connectivity index is 1.52. The van der Waals surface area contributed by atoms with Crippen molar-refractivity contribution in [3.8, 4) is 11.4 Å². The fourth-order valence-corrected chi connectivity index (χ4v) is 2.93. The molecule has 0 saturated heterocycles. The van der Waals surface area contributed by atoms with Gasteiger partial charge in [0, 0.05) is 31.0 Å². The molecule has 1 aromatic carbocycles. The number of rotatable bonds is 4. The summed E-state index contributed by atoms with van der Waals surface area (Å²) in [5, 5.41) is 8.66. The lowest BCUT2D eigenvalue weighted by atomic mass is 10.2. The molecule has 3 aromatic rings. The summed E-state index contributed by atoms with van der Waals surface area (Å²) >= 11 is 0. The number of fused-ring (bicyclic) bond motifs is 1. The average molecular weight is 350 g/mol. The zero-order chi connectivity index (χ0) is 17.9. The second-order valence-electron chi connectivity index (χ2n) is 5.87. The first-order chi connectivity index (χ1) is 12.8. The Labute approximate surface area is 150 Å². The molecule has 0 fully saturated rings. The van der Waals surface area contributed by atoms with Crippen molar-refractivity contribution in [3.63, 3.8) is 0 Å². The minimum atomic E-state index is -0.412. The average Bonchev–Trinajstić information content (AvgIpc) is 3.12. The smallest absolute Gasteiger partial charge is 0.341 e. The minimum Gasteiger partial charge on any atom is -0.462 e. The highest BCUT2D eigenvalue weighted by Gasteiger charge is 2.23. The zero-order valence-corrected chi connectivity index (χ0v) is 14.4. The second-order valence-corrected chi connectivity index (χ2v) is 5.87. The van der Waals surface area contributed by atoms with Gasteiger partial charge in [0.25, 0.3) is 0 Å². The molecule has 0 spiro atoms. The normalized spacial score (nSPS) is 13.3. The van der Waals surface area contributed by atoms with Crippen molar-refractivity contribution in [2.24, 2.45) is 0 Å². The number of aromatic nitrogens is 5. The van der Waals surface area contributed by atoms with Gasteiger partial charge in [0.1, 0.15) is 0 Å². The van der Waals surface area contributed by atoms with Crippen molar-refractivity contribution >= 4 is 11.9 Å². The molecule has 0 atom stereocenters. The van der Waals surface area contributed by atoms with Gasteiger partial charge in [0.2, 0.25) is 5.95 Å². The van der Waals surface area contributed by atoms with Crippen molar-refractivity contribution in [3.05, 3.63) is 54.1 Å². The highest BCUT2D eigenvalue weighted by molar-refractivity contribution is 5.88. The molecule has 0 radical (unpaired) electrons. The molecule has 3 heterocycles. The number of carbonyl (C=O) groups is 1. The van der Waals surface area contributed by atoms with Crippen molar-refractivity contribution in [1.82, 2.24) is 24.7 Å². The summed E-state index contributed by atoms with van der Waals surface area (Å²) < 4.78 is 7.07. The Bertz CT molecular complexity index is 907. The van der Waals surface area contributed by atoms with E-state index in [1.165, 1.54) is 12.4 Å². The van der Waals surface area contributed by atoms with Crippen LogP contribution < -0.4 is 4.90 Å². The largest absolute Gasteiger partial charge is 0.462 e. The number of esters is 1. The Morgan fingerprint density at radius 3 is 2.62 bits per heavy atom. The van der Waals surface area contributed by atoms with Crippen LogP contribution in [-0.4, -0.2) is 43.9 Å². The molecular formula is C18H18N6O2. The Morgan fingerprint density at radius 2 is 1.88 bits per heavy atom. The lowest BCUT2D eigenvalue weighted by molar-refractivity contribution is 0.0525. The van der Waals surface area contributed by atoms with Crippen LogP contribution in [0.1, 0.15) is 23.1 Å². The predicted molar refractivity (Wildman–Crippen MR) is 94.5 cm³/mol. The number of carbonyl (C=O) groups excluding carboxylic acids is 1. The minimum absolute atomic E-state index is 0.326. The summed E-state index contributed by atoms with van der Waals surface area (Å²) in [4.78, 5) is 22.3. The zero-order valence-electron chi connectivity index (χ0n) is 14.4. The topological polar surface area (TPSA) is 86.0 Å². The van der Waals surface area contributed by atoms with Gasteiger partial charge in [0.05, 0.1) is 18.7 Å². The molecule has 0 N–H and O–H groups in total. The quantitative estimate of drug-likeness (QED) is 0.665. The summed E-state index contributed by atoms with van der Waals surface area (Å²) in [6.07, 6.45) is 2.99. The van der Waals surface area contributed by atoms with Gasteiger partial charge in [-0.15, -0.1) is 10.2 Å². The molecule has 132 valence electrons. The third kappa shape index (κ3) is 3.01. The van der Waals surface area contributed by atoms with Gasteiger partial charge in [-0.3, -0.25) is 0 Å². The van der Waals surface area contributed by atoms with Crippen LogP contribution >= 0.6 is 0 Å². The Kier molecular flexibility index (Phi) is 4.30. The number of hydrogen-bond donors (Lipinski definition) is 0. The van der Waals surface area contributed by atoms with Crippen molar-refractivity contribution in [2.45, 2.75) is 20.0 Å². The van der Waals surface area contributed by atoms with E-state index in [1.807, 2.05) is 35.2 Å². The molecule has 8 nitrogen and oxygen atoms in total. The lowest BCUT2D eigenvalue weighted by Gasteiger charge is -2.27. The van der Waals surface area contributed by atoms with E-state index in [1.54, 1.807) is 6.92 Å². The summed E-state index contributed by atoms with van der Waals surface area (Å²) in [6.45, 7) is 4.14. The Morgan fingerprint density at radius 1 is 1.12 bits per heavy atom. The molecule has 1 aliphatic rings. The maximum Gasteiger partial charge on any atom is 0.341 e. The van der Waals surface area contributed by atoms with Gasteiger partial charge in [0.15, 0.2) is 11.6 Å². The SMILES string of the molecule is CCOC(=O)c1cnc(N2CCn3c(nnc3-c3ccccc3)C2)nc1. The number of nitrogens with zero attached hydrogens (tertiary/aromatic N) is 6. The molecule has 0 unspecified atom stereocenters. The predicted octanol–water partition coefficient (Wildman–Crippen LogP) is 1.93. The fraction of sp³-hybridized carbons (Fsp3) is 0.278. The van der Waals surface area contributed by atoms with Crippen molar-refractivity contribution in [2.75, 3.05) is 18.1 Å². The van der Waals surface area contributed by atoms with Gasteiger partial charge in [-0.25, -0.2) is 14.8 Å². The third-order valence-corrected chi connectivity index (χ3v) is 4.22. The van der Waals surface area contributed by atoms with Crippen LogP contribution in [0.15, 0.2) is 42.7 Å². The molecular weight excluding hydrogens is 332 g/mol. The molecule has 0 saturated carbocycles. The maximum atomic E-state index is 11.7. The fourth-order valence-electron chi connectivity index (χ4n) is 2.93. The Hall–Kier alpha value is -3.29. The molecule has 2 aromatic heterocycles. The summed E-state index contributed by atoms with van der Waals surface area (Å²) in [6, 6.07) is 10.0. The maximum absolute atomic E-state index is 11.7. The standard InChI is InChI=1S/C18H18N6O2/c1-2-26-17(25)14-10-19-18(20-11-14)23-8-9-24-15(12-23)21-22-16(24)13-6-4-3-5-7-13/h3-7,10-11H,2,8-9,12H2,1H3. The monoisotopic (exact) mass is 350 g/mol. The number of ether oxygens (including phenoxy) is 1. The molecule has 0 bridgehead atoms. The van der Waals surface area contributed by atoms with E-state index in [9.17, 15) is 4.79 Å². The van der Waals surface area contributed by atoms with Gasteiger partial charge in [-0.2, -0.15) is 0 Å². The van der Waals surface area contributed by atoms with E-state index in [2.05, 4.69) is 24.7 Å². The van der Waals surface area contributed by atoms with Crippen LogP contribution in [0.5, 0.6) is 0 Å². The first kappa shape index (κ1) is 16.2. The van der Waals surface area contributed by atoms with E-state index in [0.717, 1.165) is 30.3 Å². The summed E-state index contributed by atoms with van der Waals surface area (Å²) in [5.74, 6) is 1.89. The number of hydrogen-bond acceptors (Lipinski definition) is 7. The van der Waals surface area contributed by atoms with Gasteiger partial charge >= 0.3 is 5.97 Å². The van der Waals surface area contributed by atoms with Crippen LogP contribution in [-0.2, 0) is 17.8 Å². The van der Waals surface area contributed by atoms with Crippen LogP contribution in [0.25, 0.3) is 11.4 Å². The number of benzene rings is 1. The van der Waals surface area contributed by atoms with Crippen molar-refractivity contribution in [1.29, 1.82) is 0 Å². The van der Waals surface area contributed by atoms with E-state index in [0.29, 0.717) is 24.7 Å². The van der Waals surface area contributed by atoms with E-state index >= 15 is 0 Å². The summed E-state index contributed by atoms with van der Waals surface area (Å²) in [5.41, 5.74) is 1.40. The van der Waals surface area contributed by atoms with Crippen LogP contribution in [0.4, 0.5) is 5.95 Å². The lowest BCUT2D eigenvalue weighted by Crippen LogP contribution is -2.35. The molecule has 1 aliphatic heterocycles.